The van der Waals surface area contributed by atoms with Crippen LogP contribution in [0.15, 0.2) is 12.2 Å². The molecule has 0 rings (SSSR count). The minimum Gasteiger partial charge on any atom is -0.479 e. The third-order valence-corrected chi connectivity index (χ3v) is 4.67. The van der Waals surface area contributed by atoms with Crippen LogP contribution in [0.25, 0.3) is 0 Å². The Morgan fingerprint density at radius 1 is 0.839 bits per heavy atom. The molecule has 6 nitrogen and oxygen atoms in total. The Kier molecular flexibility index (Phi) is 31.6. The van der Waals surface area contributed by atoms with Gasteiger partial charge in [0.15, 0.2) is 0 Å². The number of unbranched alkanes of at least 4 members (excludes halogenated alkanes) is 11. The van der Waals surface area contributed by atoms with Crippen molar-refractivity contribution in [2.75, 3.05) is 20.6 Å². The zero-order valence-corrected chi connectivity index (χ0v) is 21.1. The molecule has 0 spiro atoms. The second-order valence-corrected chi connectivity index (χ2v) is 8.21. The zero-order valence-electron chi connectivity index (χ0n) is 21.1. The predicted molar refractivity (Wildman–Crippen MR) is 132 cm³/mol. The first kappa shape index (κ1) is 34.2. The van der Waals surface area contributed by atoms with Gasteiger partial charge in [-0.15, -0.1) is 0 Å². The molecule has 1 unspecified atom stereocenters. The maximum Gasteiger partial charge on any atom is 0.332 e. The van der Waals surface area contributed by atoms with Crippen molar-refractivity contribution in [1.82, 2.24) is 4.90 Å². The summed E-state index contributed by atoms with van der Waals surface area (Å²) in [6, 6.07) is 0. The minimum absolute atomic E-state index is 0.164. The van der Waals surface area contributed by atoms with E-state index in [1.165, 1.54) is 77.6 Å². The summed E-state index contributed by atoms with van der Waals surface area (Å²) in [5.74, 6) is -1.35. The van der Waals surface area contributed by atoms with Crippen LogP contribution in [-0.2, 0) is 9.59 Å². The first-order valence-corrected chi connectivity index (χ1v) is 12.2. The third kappa shape index (κ3) is 43.4. The van der Waals surface area contributed by atoms with Crippen LogP contribution >= 0.6 is 0 Å². The third-order valence-electron chi connectivity index (χ3n) is 4.67. The van der Waals surface area contributed by atoms with Crippen LogP contribution in [-0.4, -0.2) is 53.7 Å². The summed E-state index contributed by atoms with van der Waals surface area (Å²) in [7, 11) is 4.11. The quantitative estimate of drug-likeness (QED) is 0.202. The summed E-state index contributed by atoms with van der Waals surface area (Å²) in [5, 5.41) is 15.8. The fraction of sp³-hybridized carbons (Fsp3) is 0.840. The number of carbonyl (C=O) groups excluding carboxylic acids is 1. The molecule has 4 N–H and O–H groups in total. The Morgan fingerprint density at radius 3 is 1.52 bits per heavy atom. The van der Waals surface area contributed by atoms with Gasteiger partial charge in [-0.3, -0.25) is 4.79 Å². The molecule has 186 valence electrons. The SMILES string of the molecule is CC(O)C(=O)O.CCCCCCCC/C=C\CCCCCCCC(N)=O.CCN(C)C. The van der Waals surface area contributed by atoms with E-state index >= 15 is 0 Å². The van der Waals surface area contributed by atoms with Crippen LogP contribution in [0.5, 0.6) is 0 Å². The van der Waals surface area contributed by atoms with E-state index < -0.39 is 12.1 Å². The number of nitrogens with two attached hydrogens (primary N) is 1. The molecule has 0 aromatic heterocycles. The van der Waals surface area contributed by atoms with Gasteiger partial charge in [0.2, 0.25) is 5.91 Å². The van der Waals surface area contributed by atoms with Crippen molar-refractivity contribution in [1.29, 1.82) is 0 Å². The maximum atomic E-state index is 10.5. The molecule has 0 bridgehead atoms. The average molecular weight is 445 g/mol. The Labute approximate surface area is 192 Å². The number of allylic oxidation sites excluding steroid dienone is 2. The van der Waals surface area contributed by atoms with E-state index in [1.54, 1.807) is 0 Å². The highest BCUT2D eigenvalue weighted by molar-refractivity contribution is 5.73. The summed E-state index contributed by atoms with van der Waals surface area (Å²) < 4.78 is 0. The highest BCUT2D eigenvalue weighted by Gasteiger charge is 2.01. The van der Waals surface area contributed by atoms with Crippen LogP contribution in [0.1, 0.15) is 111 Å². The van der Waals surface area contributed by atoms with Gasteiger partial charge in [-0.2, -0.15) is 0 Å². The number of hydrogen-bond donors (Lipinski definition) is 3. The zero-order chi connectivity index (χ0) is 24.3. The molecule has 0 heterocycles. The molecule has 0 aromatic carbocycles. The summed E-state index contributed by atoms with van der Waals surface area (Å²) >= 11 is 0. The smallest absolute Gasteiger partial charge is 0.332 e. The second-order valence-electron chi connectivity index (χ2n) is 8.21. The highest BCUT2D eigenvalue weighted by Crippen LogP contribution is 2.09. The van der Waals surface area contributed by atoms with Crippen molar-refractivity contribution < 1.29 is 19.8 Å². The normalized spacial score (nSPS) is 11.5. The van der Waals surface area contributed by atoms with Crippen molar-refractivity contribution in [3.05, 3.63) is 12.2 Å². The van der Waals surface area contributed by atoms with E-state index in [1.807, 2.05) is 0 Å². The molecule has 0 aromatic rings. The van der Waals surface area contributed by atoms with Gasteiger partial charge in [-0.05, 0) is 59.7 Å². The first-order valence-electron chi connectivity index (χ1n) is 12.2. The van der Waals surface area contributed by atoms with Crippen molar-refractivity contribution in [2.24, 2.45) is 5.73 Å². The lowest BCUT2D eigenvalue weighted by atomic mass is 10.1. The van der Waals surface area contributed by atoms with Crippen molar-refractivity contribution in [3.63, 3.8) is 0 Å². The summed E-state index contributed by atoms with van der Waals surface area (Å²) in [6.45, 7) is 6.73. The molecule has 1 amide bonds. The maximum absolute atomic E-state index is 10.5. The number of hydrogen-bond acceptors (Lipinski definition) is 4. The fourth-order valence-electron chi connectivity index (χ4n) is 2.37. The van der Waals surface area contributed by atoms with Gasteiger partial charge in [-0.1, -0.05) is 77.4 Å². The number of carbonyl (C=O) groups is 2. The van der Waals surface area contributed by atoms with Crippen LogP contribution in [0.4, 0.5) is 0 Å². The van der Waals surface area contributed by atoms with E-state index in [0.29, 0.717) is 6.42 Å². The number of aliphatic hydroxyl groups is 1. The molecule has 0 fully saturated rings. The molecular weight excluding hydrogens is 392 g/mol. The molecule has 6 heteroatoms. The van der Waals surface area contributed by atoms with E-state index in [2.05, 4.69) is 45.0 Å². The van der Waals surface area contributed by atoms with Crippen molar-refractivity contribution >= 4 is 11.9 Å². The Balaban J connectivity index is -0.000000583. The molecule has 0 aliphatic rings. The van der Waals surface area contributed by atoms with E-state index in [-0.39, 0.29) is 5.91 Å². The second kappa shape index (κ2) is 28.6. The number of aliphatic carboxylic acids is 1. The van der Waals surface area contributed by atoms with E-state index in [9.17, 15) is 9.59 Å². The lowest BCUT2D eigenvalue weighted by Gasteiger charge is -2.00. The predicted octanol–water partition coefficient (Wildman–Crippen LogP) is 5.53. The number of carboxylic acid groups (broad SMARTS) is 1. The molecule has 1 atom stereocenters. The highest BCUT2D eigenvalue weighted by atomic mass is 16.4. The minimum atomic E-state index is -1.23. The number of aliphatic hydroxyl groups excluding tert-OH is 1. The molecule has 0 radical (unpaired) electrons. The number of nitrogens with zero attached hydrogens (tertiary/aromatic N) is 1. The van der Waals surface area contributed by atoms with Gasteiger partial charge in [0.25, 0.3) is 0 Å². The number of primary amides is 1. The molecule has 0 aliphatic heterocycles. The molecule has 0 saturated heterocycles. The largest absolute Gasteiger partial charge is 0.479 e. The fourth-order valence-corrected chi connectivity index (χ4v) is 2.37. The summed E-state index contributed by atoms with van der Waals surface area (Å²) in [5.41, 5.74) is 5.10. The Hall–Kier alpha value is -1.40. The van der Waals surface area contributed by atoms with Gasteiger partial charge < -0.3 is 20.8 Å². The molecule has 0 saturated carbocycles. The lowest BCUT2D eigenvalue weighted by molar-refractivity contribution is -0.145. The Bertz CT molecular complexity index is 410. The Morgan fingerprint density at radius 2 is 1.19 bits per heavy atom. The van der Waals surface area contributed by atoms with Crippen LogP contribution < -0.4 is 5.73 Å². The van der Waals surface area contributed by atoms with Crippen molar-refractivity contribution in [2.45, 2.75) is 117 Å². The monoisotopic (exact) mass is 444 g/mol. The van der Waals surface area contributed by atoms with Crippen molar-refractivity contribution in [3.8, 4) is 0 Å². The first-order chi connectivity index (χ1) is 14.7. The van der Waals surface area contributed by atoms with Gasteiger partial charge in [0.05, 0.1) is 0 Å². The standard InChI is InChI=1S/C18H35NO.C4H11N.C3H6O3/c1-2-3-4-5-6-7-8-9-10-11-12-13-14-15-16-17-18(19)20;1-4-5(2)3;1-2(4)3(5)6/h9-10H,2-8,11-17H2,1H3,(H2,19,20);4H2,1-3H3;2,4H,1H3,(H,5,6)/b10-9-;;. The summed E-state index contributed by atoms with van der Waals surface area (Å²) in [6.07, 6.45) is 20.7. The van der Waals surface area contributed by atoms with E-state index in [0.717, 1.165) is 19.4 Å². The molecular formula is C25H52N2O4. The molecule has 0 aliphatic carbocycles. The van der Waals surface area contributed by atoms with Gasteiger partial charge in [0.1, 0.15) is 6.10 Å². The van der Waals surface area contributed by atoms with Gasteiger partial charge in [0, 0.05) is 6.42 Å². The number of amides is 1. The summed E-state index contributed by atoms with van der Waals surface area (Å²) in [4.78, 5) is 22.1. The van der Waals surface area contributed by atoms with Crippen LogP contribution in [0.3, 0.4) is 0 Å². The lowest BCUT2D eigenvalue weighted by Crippen LogP contribution is -2.13. The van der Waals surface area contributed by atoms with Gasteiger partial charge in [-0.25, -0.2) is 4.79 Å². The van der Waals surface area contributed by atoms with Crippen LogP contribution in [0, 0.1) is 0 Å². The average Bonchev–Trinajstić information content (AvgIpc) is 2.71. The van der Waals surface area contributed by atoms with Gasteiger partial charge >= 0.3 is 5.97 Å². The topological polar surface area (TPSA) is 104 Å². The number of carboxylic acids is 1. The molecule has 31 heavy (non-hydrogen) atoms. The van der Waals surface area contributed by atoms with E-state index in [4.69, 9.17) is 15.9 Å². The van der Waals surface area contributed by atoms with Crippen LogP contribution in [0.2, 0.25) is 0 Å². The number of rotatable bonds is 17.